The molecule has 1 amide bonds. The third-order valence-electron chi connectivity index (χ3n) is 6.84. The minimum absolute atomic E-state index is 0.192. The SMILES string of the molecule is Cc1ccc(CN2CCC3(CC2)c2nc[nH]c2CCN3C(=O)C2CCC2)s1. The average molecular weight is 385 g/mol. The number of likely N-dealkylation sites (tertiary alicyclic amines) is 1. The summed E-state index contributed by atoms with van der Waals surface area (Å²) >= 11 is 1.89. The van der Waals surface area contributed by atoms with Crippen LogP contribution in [-0.2, 0) is 23.3 Å². The first-order valence-electron chi connectivity index (χ1n) is 10.3. The Morgan fingerprint density at radius 3 is 2.78 bits per heavy atom. The Morgan fingerprint density at radius 1 is 1.30 bits per heavy atom. The van der Waals surface area contributed by atoms with Crippen LogP contribution in [0.3, 0.4) is 0 Å². The monoisotopic (exact) mass is 384 g/mol. The summed E-state index contributed by atoms with van der Waals surface area (Å²) in [5.41, 5.74) is 2.20. The first kappa shape index (κ1) is 17.4. The number of nitrogens with one attached hydrogen (secondary N) is 1. The van der Waals surface area contributed by atoms with Crippen LogP contribution in [0, 0.1) is 12.8 Å². The van der Waals surface area contributed by atoms with Gasteiger partial charge in [-0.3, -0.25) is 9.69 Å². The smallest absolute Gasteiger partial charge is 0.226 e. The van der Waals surface area contributed by atoms with Crippen LogP contribution in [0.1, 0.15) is 53.2 Å². The fourth-order valence-corrected chi connectivity index (χ4v) is 5.99. The molecule has 2 aliphatic heterocycles. The first-order valence-corrected chi connectivity index (χ1v) is 11.1. The molecule has 2 aromatic heterocycles. The van der Waals surface area contributed by atoms with Gasteiger partial charge in [0.1, 0.15) is 0 Å². The molecule has 4 heterocycles. The van der Waals surface area contributed by atoms with Gasteiger partial charge in [0.2, 0.25) is 5.91 Å². The molecule has 2 fully saturated rings. The Morgan fingerprint density at radius 2 is 2.11 bits per heavy atom. The highest BCUT2D eigenvalue weighted by atomic mass is 32.1. The van der Waals surface area contributed by atoms with E-state index in [0.717, 1.165) is 64.0 Å². The molecule has 1 spiro atoms. The quantitative estimate of drug-likeness (QED) is 0.882. The molecule has 0 unspecified atom stereocenters. The Kier molecular flexibility index (Phi) is 4.36. The second kappa shape index (κ2) is 6.74. The number of carbonyl (C=O) groups excluding carboxylic acids is 1. The van der Waals surface area contributed by atoms with E-state index in [9.17, 15) is 4.79 Å². The van der Waals surface area contributed by atoms with Gasteiger partial charge in [-0.15, -0.1) is 11.3 Å². The number of nitrogens with zero attached hydrogens (tertiary/aromatic N) is 3. The van der Waals surface area contributed by atoms with Crippen molar-refractivity contribution in [2.75, 3.05) is 19.6 Å². The van der Waals surface area contributed by atoms with E-state index in [2.05, 4.69) is 33.8 Å². The molecule has 1 N–H and O–H groups in total. The number of hydrogen-bond acceptors (Lipinski definition) is 4. The summed E-state index contributed by atoms with van der Waals surface area (Å²) < 4.78 is 0. The Hall–Kier alpha value is -1.66. The lowest BCUT2D eigenvalue weighted by molar-refractivity contribution is -0.149. The molecule has 0 atom stereocenters. The maximum absolute atomic E-state index is 13.2. The van der Waals surface area contributed by atoms with Gasteiger partial charge < -0.3 is 9.88 Å². The predicted octanol–water partition coefficient (Wildman–Crippen LogP) is 3.46. The largest absolute Gasteiger partial charge is 0.348 e. The van der Waals surface area contributed by atoms with Crippen molar-refractivity contribution in [3.63, 3.8) is 0 Å². The molecule has 0 radical (unpaired) electrons. The summed E-state index contributed by atoms with van der Waals surface area (Å²) in [4.78, 5) is 28.9. The molecule has 5 nitrogen and oxygen atoms in total. The maximum Gasteiger partial charge on any atom is 0.226 e. The van der Waals surface area contributed by atoms with Crippen molar-refractivity contribution >= 4 is 17.2 Å². The molecule has 1 aliphatic carbocycles. The number of hydrogen-bond donors (Lipinski definition) is 1. The molecule has 1 saturated heterocycles. The highest BCUT2D eigenvalue weighted by Gasteiger charge is 2.50. The molecule has 6 heteroatoms. The van der Waals surface area contributed by atoms with Crippen molar-refractivity contribution in [1.29, 1.82) is 0 Å². The van der Waals surface area contributed by atoms with Crippen molar-refractivity contribution in [1.82, 2.24) is 19.8 Å². The number of imidazole rings is 1. The zero-order valence-corrected chi connectivity index (χ0v) is 16.9. The van der Waals surface area contributed by atoms with Crippen LogP contribution in [0.2, 0.25) is 0 Å². The van der Waals surface area contributed by atoms with Gasteiger partial charge in [0.05, 0.1) is 17.6 Å². The number of aromatic nitrogens is 2. The van der Waals surface area contributed by atoms with Gasteiger partial charge in [0.25, 0.3) is 0 Å². The number of thiophene rings is 1. The van der Waals surface area contributed by atoms with Crippen molar-refractivity contribution < 1.29 is 4.79 Å². The van der Waals surface area contributed by atoms with E-state index in [0.29, 0.717) is 5.91 Å². The molecular formula is C21H28N4OS. The molecular weight excluding hydrogens is 356 g/mol. The van der Waals surface area contributed by atoms with E-state index in [1.54, 1.807) is 0 Å². The fraction of sp³-hybridized carbons (Fsp3) is 0.619. The van der Waals surface area contributed by atoms with Crippen molar-refractivity contribution in [3.05, 3.63) is 39.6 Å². The highest BCUT2D eigenvalue weighted by Crippen LogP contribution is 2.44. The highest BCUT2D eigenvalue weighted by molar-refractivity contribution is 7.11. The van der Waals surface area contributed by atoms with Gasteiger partial charge in [-0.2, -0.15) is 0 Å². The van der Waals surface area contributed by atoms with E-state index in [-0.39, 0.29) is 11.5 Å². The zero-order valence-electron chi connectivity index (χ0n) is 16.0. The molecule has 27 heavy (non-hydrogen) atoms. The molecule has 3 aliphatic rings. The van der Waals surface area contributed by atoms with Gasteiger partial charge in [0.15, 0.2) is 0 Å². The number of aryl methyl sites for hydroxylation is 1. The van der Waals surface area contributed by atoms with E-state index in [1.807, 2.05) is 17.7 Å². The number of aromatic amines is 1. The molecule has 2 aromatic rings. The van der Waals surface area contributed by atoms with Gasteiger partial charge in [-0.25, -0.2) is 4.98 Å². The summed E-state index contributed by atoms with van der Waals surface area (Å²) in [6.45, 7) is 6.09. The van der Waals surface area contributed by atoms with Crippen LogP contribution in [0.15, 0.2) is 18.5 Å². The van der Waals surface area contributed by atoms with Gasteiger partial charge in [-0.05, 0) is 44.7 Å². The number of fused-ring (bicyclic) bond motifs is 2. The van der Waals surface area contributed by atoms with E-state index < -0.39 is 0 Å². The zero-order chi connectivity index (χ0) is 18.4. The minimum atomic E-state index is -0.192. The molecule has 0 bridgehead atoms. The number of rotatable bonds is 3. The molecule has 1 saturated carbocycles. The Labute approximate surface area is 164 Å². The van der Waals surface area contributed by atoms with Crippen molar-refractivity contribution in [3.8, 4) is 0 Å². The topological polar surface area (TPSA) is 52.2 Å². The summed E-state index contributed by atoms with van der Waals surface area (Å²) in [7, 11) is 0. The van der Waals surface area contributed by atoms with E-state index >= 15 is 0 Å². The average Bonchev–Trinajstić information content (AvgIpc) is 3.25. The normalized spacial score (nSPS) is 22.6. The lowest BCUT2D eigenvalue weighted by Crippen LogP contribution is -2.59. The minimum Gasteiger partial charge on any atom is -0.348 e. The lowest BCUT2D eigenvalue weighted by Gasteiger charge is -2.52. The summed E-state index contributed by atoms with van der Waals surface area (Å²) in [5.74, 6) is 0.645. The Bertz CT molecular complexity index is 829. The standard InChI is InChI=1S/C21H28N4OS/c1-15-5-6-17(27-15)13-24-11-8-21(9-12-24)19-18(22-14-23-19)7-10-25(21)20(26)16-3-2-4-16/h5-6,14,16H,2-4,7-13H2,1H3,(H,22,23). The number of piperidine rings is 1. The second-order valence-electron chi connectivity index (χ2n) is 8.42. The summed E-state index contributed by atoms with van der Waals surface area (Å²) in [5, 5.41) is 0. The number of H-pyrrole nitrogens is 1. The van der Waals surface area contributed by atoms with Crippen molar-refractivity contribution in [2.45, 2.75) is 57.5 Å². The third kappa shape index (κ3) is 2.93. The first-order chi connectivity index (χ1) is 13.2. The van der Waals surface area contributed by atoms with E-state index in [4.69, 9.17) is 4.98 Å². The maximum atomic E-state index is 13.2. The number of amides is 1. The summed E-state index contributed by atoms with van der Waals surface area (Å²) in [6.07, 6.45) is 8.07. The molecule has 144 valence electrons. The van der Waals surface area contributed by atoms with Crippen molar-refractivity contribution in [2.24, 2.45) is 5.92 Å². The van der Waals surface area contributed by atoms with Crippen LogP contribution >= 0.6 is 11.3 Å². The Balaban J connectivity index is 1.37. The van der Waals surface area contributed by atoms with Crippen LogP contribution in [0.5, 0.6) is 0 Å². The van der Waals surface area contributed by atoms with Crippen LogP contribution < -0.4 is 0 Å². The lowest BCUT2D eigenvalue weighted by atomic mass is 9.76. The van der Waals surface area contributed by atoms with Gasteiger partial charge in [0, 0.05) is 54.0 Å². The fourth-order valence-electron chi connectivity index (χ4n) is 5.05. The van der Waals surface area contributed by atoms with Gasteiger partial charge >= 0.3 is 0 Å². The summed E-state index contributed by atoms with van der Waals surface area (Å²) in [6, 6.07) is 4.46. The third-order valence-corrected chi connectivity index (χ3v) is 7.83. The van der Waals surface area contributed by atoms with Crippen LogP contribution in [0.4, 0.5) is 0 Å². The van der Waals surface area contributed by atoms with E-state index in [1.165, 1.54) is 21.9 Å². The predicted molar refractivity (Wildman–Crippen MR) is 107 cm³/mol. The van der Waals surface area contributed by atoms with Crippen LogP contribution in [0.25, 0.3) is 0 Å². The second-order valence-corrected chi connectivity index (χ2v) is 9.79. The van der Waals surface area contributed by atoms with Crippen LogP contribution in [-0.4, -0.2) is 45.3 Å². The number of carbonyl (C=O) groups is 1. The van der Waals surface area contributed by atoms with Gasteiger partial charge in [-0.1, -0.05) is 6.42 Å². The molecule has 5 rings (SSSR count). The molecule has 0 aromatic carbocycles.